The highest BCUT2D eigenvalue weighted by atomic mass is 32.1. The maximum absolute atomic E-state index is 10.6. The Morgan fingerprint density at radius 1 is 1.50 bits per heavy atom. The number of thiazole rings is 1. The molecule has 1 aliphatic rings. The summed E-state index contributed by atoms with van der Waals surface area (Å²) in [7, 11) is 0. The Kier molecular flexibility index (Phi) is 3.58. The Bertz CT molecular complexity index is 634. The van der Waals surface area contributed by atoms with Crippen LogP contribution in [0.2, 0.25) is 0 Å². The van der Waals surface area contributed by atoms with Crippen LogP contribution in [0.25, 0.3) is 10.2 Å². The molecule has 0 atom stereocenters. The Hall–Kier alpha value is -1.66. The molecule has 1 aromatic carbocycles. The minimum absolute atomic E-state index is 0.125. The topological polar surface area (TPSA) is 85.4 Å². The van der Waals surface area contributed by atoms with Crippen molar-refractivity contribution in [3.05, 3.63) is 28.8 Å². The number of ether oxygens (including phenoxy) is 1. The van der Waals surface area contributed by atoms with Gasteiger partial charge in [0.25, 0.3) is 0 Å². The molecule has 3 rings (SSSR count). The maximum atomic E-state index is 10.6. The summed E-state index contributed by atoms with van der Waals surface area (Å²) in [5.74, 6) is 1.00. The Balaban J connectivity index is 1.76. The number of rotatable bonds is 4. The summed E-state index contributed by atoms with van der Waals surface area (Å²) < 4.78 is 5.85. The van der Waals surface area contributed by atoms with Crippen molar-refractivity contribution in [1.82, 2.24) is 4.98 Å². The lowest BCUT2D eigenvalue weighted by atomic mass is 9.72. The van der Waals surface area contributed by atoms with Crippen LogP contribution in [-0.2, 0) is 11.3 Å². The van der Waals surface area contributed by atoms with Gasteiger partial charge in [0.1, 0.15) is 11.6 Å². The minimum atomic E-state index is -0.783. The van der Waals surface area contributed by atoms with E-state index < -0.39 is 6.09 Å². The molecule has 0 bridgehead atoms. The number of primary amides is 1. The molecule has 0 saturated heterocycles. The van der Waals surface area contributed by atoms with Crippen LogP contribution in [0.3, 0.4) is 0 Å². The Morgan fingerprint density at radius 3 is 3.00 bits per heavy atom. The van der Waals surface area contributed by atoms with E-state index in [2.05, 4.69) is 17.1 Å². The summed E-state index contributed by atoms with van der Waals surface area (Å²) in [5.41, 5.74) is 7.16. The molecule has 3 N–H and O–H groups in total. The molecule has 1 aromatic heterocycles. The number of aliphatic hydroxyl groups is 1. The molecule has 0 spiro atoms. The van der Waals surface area contributed by atoms with E-state index in [4.69, 9.17) is 15.6 Å². The van der Waals surface area contributed by atoms with Gasteiger partial charge in [-0.25, -0.2) is 9.78 Å². The Labute approximate surface area is 120 Å². The van der Waals surface area contributed by atoms with Crippen LogP contribution in [0.5, 0.6) is 0 Å². The van der Waals surface area contributed by atoms with Gasteiger partial charge in [-0.1, -0.05) is 6.07 Å². The van der Waals surface area contributed by atoms with Crippen LogP contribution in [0, 0.1) is 5.92 Å². The predicted molar refractivity (Wildman–Crippen MR) is 76.5 cm³/mol. The van der Waals surface area contributed by atoms with E-state index in [9.17, 15) is 4.79 Å². The molecular weight excluding hydrogens is 276 g/mol. The second-order valence-electron chi connectivity index (χ2n) is 5.16. The molecule has 6 heteroatoms. The highest BCUT2D eigenvalue weighted by Gasteiger charge is 2.29. The van der Waals surface area contributed by atoms with Gasteiger partial charge in [0, 0.05) is 6.61 Å². The molecule has 1 aliphatic carbocycles. The molecule has 2 aromatic rings. The lowest BCUT2D eigenvalue weighted by molar-refractivity contribution is 0.142. The van der Waals surface area contributed by atoms with Crippen LogP contribution >= 0.6 is 11.3 Å². The van der Waals surface area contributed by atoms with Gasteiger partial charge in [0.15, 0.2) is 0 Å². The summed E-state index contributed by atoms with van der Waals surface area (Å²) in [6.07, 6.45) is 1.33. The highest BCUT2D eigenvalue weighted by Crippen LogP contribution is 2.42. The van der Waals surface area contributed by atoms with E-state index in [1.165, 1.54) is 16.9 Å². The van der Waals surface area contributed by atoms with E-state index in [0.29, 0.717) is 11.8 Å². The zero-order valence-corrected chi connectivity index (χ0v) is 11.7. The van der Waals surface area contributed by atoms with E-state index in [1.807, 2.05) is 6.07 Å². The van der Waals surface area contributed by atoms with E-state index in [1.54, 1.807) is 0 Å². The fourth-order valence-corrected chi connectivity index (χ4v) is 3.52. The summed E-state index contributed by atoms with van der Waals surface area (Å²) in [4.78, 5) is 15.0. The van der Waals surface area contributed by atoms with Crippen molar-refractivity contribution in [2.45, 2.75) is 25.4 Å². The molecule has 0 unspecified atom stereocenters. The van der Waals surface area contributed by atoms with Crippen LogP contribution < -0.4 is 5.73 Å². The van der Waals surface area contributed by atoms with E-state index in [0.717, 1.165) is 28.1 Å². The largest absolute Gasteiger partial charge is 0.442 e. The van der Waals surface area contributed by atoms with Crippen molar-refractivity contribution >= 4 is 27.6 Å². The molecular formula is C14H16N2O3S. The van der Waals surface area contributed by atoms with Gasteiger partial charge < -0.3 is 15.6 Å². The third kappa shape index (κ3) is 2.62. The Morgan fingerprint density at radius 2 is 2.30 bits per heavy atom. The van der Waals surface area contributed by atoms with Crippen molar-refractivity contribution in [2.24, 2.45) is 11.7 Å². The van der Waals surface area contributed by atoms with Gasteiger partial charge in [-0.2, -0.15) is 0 Å². The second kappa shape index (κ2) is 5.38. The molecule has 5 nitrogen and oxygen atoms in total. The minimum Gasteiger partial charge on any atom is -0.442 e. The van der Waals surface area contributed by atoms with Crippen LogP contribution in [0.15, 0.2) is 18.2 Å². The lowest BCUT2D eigenvalue weighted by Gasteiger charge is -2.34. The molecule has 106 valence electrons. The predicted octanol–water partition coefficient (Wildman–Crippen LogP) is 2.38. The number of hydrogen-bond donors (Lipinski definition) is 2. The lowest BCUT2D eigenvalue weighted by Crippen LogP contribution is -2.24. The number of aliphatic hydroxyl groups excluding tert-OH is 1. The highest BCUT2D eigenvalue weighted by molar-refractivity contribution is 7.18. The first-order valence-corrected chi connectivity index (χ1v) is 7.40. The average Bonchev–Trinajstić information content (AvgIpc) is 2.77. The second-order valence-corrected chi connectivity index (χ2v) is 6.27. The summed E-state index contributed by atoms with van der Waals surface area (Å²) >= 11 is 1.52. The van der Waals surface area contributed by atoms with Gasteiger partial charge in [-0.3, -0.25) is 0 Å². The normalized spacial score (nSPS) is 21.6. The number of nitrogens with zero attached hydrogens (tertiary/aromatic N) is 1. The number of aromatic nitrogens is 1. The van der Waals surface area contributed by atoms with Gasteiger partial charge in [0.2, 0.25) is 0 Å². The smallest absolute Gasteiger partial charge is 0.404 e. The quantitative estimate of drug-likeness (QED) is 0.906. The molecule has 1 saturated carbocycles. The van der Waals surface area contributed by atoms with E-state index in [-0.39, 0.29) is 13.2 Å². The third-order valence-corrected chi connectivity index (χ3v) is 4.75. The van der Waals surface area contributed by atoms with Crippen molar-refractivity contribution in [1.29, 1.82) is 0 Å². The summed E-state index contributed by atoms with van der Waals surface area (Å²) in [5, 5.41) is 9.82. The number of carbonyl (C=O) groups excluding carboxylic acids is 1. The standard InChI is InChI=1S/C14H16N2O3S/c15-14(18)19-7-13-16-11-2-1-9(5-12(11)20-13)10-3-8(4-10)6-17/h1-2,5,8,10,17H,3-4,6-7H2,(H2,15,18). The fraction of sp³-hybridized carbons (Fsp3) is 0.429. The zero-order valence-electron chi connectivity index (χ0n) is 10.9. The van der Waals surface area contributed by atoms with Crippen molar-refractivity contribution < 1.29 is 14.6 Å². The molecule has 0 aliphatic heterocycles. The van der Waals surface area contributed by atoms with Gasteiger partial charge in [0.05, 0.1) is 10.2 Å². The molecule has 1 amide bonds. The molecule has 20 heavy (non-hydrogen) atoms. The number of fused-ring (bicyclic) bond motifs is 1. The molecule has 0 radical (unpaired) electrons. The van der Waals surface area contributed by atoms with Crippen molar-refractivity contribution in [2.75, 3.05) is 6.61 Å². The van der Waals surface area contributed by atoms with Gasteiger partial charge in [-0.05, 0) is 42.4 Å². The average molecular weight is 292 g/mol. The monoisotopic (exact) mass is 292 g/mol. The zero-order chi connectivity index (χ0) is 14.1. The first-order chi connectivity index (χ1) is 9.65. The number of benzene rings is 1. The number of nitrogens with two attached hydrogens (primary N) is 1. The van der Waals surface area contributed by atoms with Crippen molar-refractivity contribution in [3.8, 4) is 0 Å². The first kappa shape index (κ1) is 13.3. The van der Waals surface area contributed by atoms with E-state index >= 15 is 0 Å². The van der Waals surface area contributed by atoms with Gasteiger partial charge in [-0.15, -0.1) is 11.3 Å². The van der Waals surface area contributed by atoms with Gasteiger partial charge >= 0.3 is 6.09 Å². The number of amides is 1. The maximum Gasteiger partial charge on any atom is 0.404 e. The first-order valence-electron chi connectivity index (χ1n) is 6.58. The molecule has 1 heterocycles. The van der Waals surface area contributed by atoms with Crippen LogP contribution in [-0.4, -0.2) is 22.8 Å². The third-order valence-electron chi connectivity index (χ3n) is 3.76. The SMILES string of the molecule is NC(=O)OCc1nc2ccc(C3CC(CO)C3)cc2s1. The number of carbonyl (C=O) groups is 1. The molecule has 1 fully saturated rings. The number of hydrogen-bond acceptors (Lipinski definition) is 5. The fourth-order valence-electron chi connectivity index (χ4n) is 2.59. The summed E-state index contributed by atoms with van der Waals surface area (Å²) in [6, 6.07) is 6.25. The van der Waals surface area contributed by atoms with Crippen molar-refractivity contribution in [3.63, 3.8) is 0 Å². The summed E-state index contributed by atoms with van der Waals surface area (Å²) in [6.45, 7) is 0.411. The van der Waals surface area contributed by atoms with Crippen LogP contribution in [0.4, 0.5) is 4.79 Å². The van der Waals surface area contributed by atoms with Crippen LogP contribution in [0.1, 0.15) is 29.3 Å².